The van der Waals surface area contributed by atoms with Crippen LogP contribution in [0.3, 0.4) is 0 Å². The summed E-state index contributed by atoms with van der Waals surface area (Å²) in [6.07, 6.45) is 0.786. The van der Waals surface area contributed by atoms with Crippen molar-refractivity contribution in [2.45, 2.75) is 38.8 Å². The highest BCUT2D eigenvalue weighted by atomic mass is 32.1. The molecule has 8 heteroatoms. The molecule has 34 heavy (non-hydrogen) atoms. The van der Waals surface area contributed by atoms with Gasteiger partial charge in [0.2, 0.25) is 5.91 Å². The molecule has 0 aliphatic carbocycles. The molecule has 0 bridgehead atoms. The summed E-state index contributed by atoms with van der Waals surface area (Å²) in [6.45, 7) is 6.14. The third kappa shape index (κ3) is 4.72. The van der Waals surface area contributed by atoms with Crippen LogP contribution in [-0.4, -0.2) is 45.2 Å². The van der Waals surface area contributed by atoms with E-state index in [1.807, 2.05) is 56.0 Å². The summed E-state index contributed by atoms with van der Waals surface area (Å²) in [6, 6.07) is 17.3. The van der Waals surface area contributed by atoms with E-state index in [0.29, 0.717) is 12.1 Å². The summed E-state index contributed by atoms with van der Waals surface area (Å²) < 4.78 is 0. The number of carbonyl (C=O) groups excluding carboxylic acids is 2. The summed E-state index contributed by atoms with van der Waals surface area (Å²) in [5.41, 5.74) is 1.78. The highest BCUT2D eigenvalue weighted by molar-refractivity contribution is 7.10. The largest absolute Gasteiger partial charge is 0.330 e. The third-order valence-electron chi connectivity index (χ3n) is 6.07. The number of rotatable bonds is 5. The topological polar surface area (TPSA) is 83.8 Å². The summed E-state index contributed by atoms with van der Waals surface area (Å²) >= 11 is 1.71. The fourth-order valence-corrected chi connectivity index (χ4v) is 5.20. The second-order valence-electron chi connectivity index (χ2n) is 9.32. The zero-order valence-corrected chi connectivity index (χ0v) is 20.2. The lowest BCUT2D eigenvalue weighted by atomic mass is 9.93. The Labute approximate surface area is 202 Å². The minimum atomic E-state index is -0.625. The van der Waals surface area contributed by atoms with Crippen molar-refractivity contribution < 1.29 is 14.5 Å². The lowest BCUT2D eigenvalue weighted by Gasteiger charge is -2.40. The van der Waals surface area contributed by atoms with Crippen LogP contribution in [0.1, 0.15) is 53.2 Å². The smallest absolute Gasteiger partial charge is 0.269 e. The molecule has 0 saturated heterocycles. The number of benzene rings is 2. The lowest BCUT2D eigenvalue weighted by Crippen LogP contribution is -2.52. The van der Waals surface area contributed by atoms with Gasteiger partial charge in [-0.2, -0.15) is 0 Å². The van der Waals surface area contributed by atoms with E-state index in [-0.39, 0.29) is 30.1 Å². The van der Waals surface area contributed by atoms with Crippen LogP contribution >= 0.6 is 11.3 Å². The summed E-state index contributed by atoms with van der Waals surface area (Å²) in [4.78, 5) is 42.2. The van der Waals surface area contributed by atoms with E-state index in [2.05, 4.69) is 11.4 Å². The fourth-order valence-electron chi connectivity index (χ4n) is 4.30. The fraction of sp³-hybridized carbons (Fsp3) is 0.308. The molecular weight excluding hydrogens is 450 g/mol. The normalized spacial score (nSPS) is 15.5. The van der Waals surface area contributed by atoms with Crippen molar-refractivity contribution in [2.24, 2.45) is 0 Å². The number of nitro benzene ring substituents is 1. The molecule has 1 aromatic heterocycles. The Balaban J connectivity index is 1.62. The van der Waals surface area contributed by atoms with Crippen molar-refractivity contribution in [3.8, 4) is 0 Å². The van der Waals surface area contributed by atoms with Crippen molar-refractivity contribution >= 4 is 28.8 Å². The van der Waals surface area contributed by atoms with E-state index in [4.69, 9.17) is 0 Å². The molecule has 4 rings (SSSR count). The van der Waals surface area contributed by atoms with Crippen molar-refractivity contribution in [1.29, 1.82) is 0 Å². The van der Waals surface area contributed by atoms with Crippen LogP contribution in [0.25, 0.3) is 0 Å². The van der Waals surface area contributed by atoms with Gasteiger partial charge in [0, 0.05) is 34.7 Å². The van der Waals surface area contributed by atoms with Crippen LogP contribution in [0.15, 0.2) is 66.0 Å². The molecule has 2 amide bonds. The van der Waals surface area contributed by atoms with Crippen LogP contribution in [0.4, 0.5) is 5.69 Å². The van der Waals surface area contributed by atoms with Gasteiger partial charge in [0.15, 0.2) is 0 Å². The van der Waals surface area contributed by atoms with E-state index >= 15 is 0 Å². The molecular formula is C26H27N3O4S. The standard InChI is InChI=1S/C26H27N3O4S/c1-26(2,3)28(25(31)19-9-11-20(12-10-19)29(32)33)17-23(30)27-15-13-22-21(14-16-34-22)24(27)18-7-5-4-6-8-18/h4-12,14,16,24H,13,15,17H2,1-3H3. The molecule has 0 spiro atoms. The predicted octanol–water partition coefficient (Wildman–Crippen LogP) is 5.07. The van der Waals surface area contributed by atoms with E-state index in [9.17, 15) is 19.7 Å². The molecule has 0 radical (unpaired) electrons. The SMILES string of the molecule is CC(C)(C)N(CC(=O)N1CCc2sccc2C1c1ccccc1)C(=O)c1ccc([N+](=O)[O-])cc1. The van der Waals surface area contributed by atoms with E-state index in [1.54, 1.807) is 16.2 Å². The molecule has 3 aromatic rings. The number of fused-ring (bicyclic) bond motifs is 1. The summed E-state index contributed by atoms with van der Waals surface area (Å²) in [5.74, 6) is -0.462. The zero-order chi connectivity index (χ0) is 24.5. The Hall–Kier alpha value is -3.52. The molecule has 176 valence electrons. The first-order chi connectivity index (χ1) is 16.2. The monoisotopic (exact) mass is 477 g/mol. The molecule has 1 unspecified atom stereocenters. The van der Waals surface area contributed by atoms with Crippen molar-refractivity contribution in [1.82, 2.24) is 9.80 Å². The Kier molecular flexibility index (Phi) is 6.52. The minimum absolute atomic E-state index is 0.0812. The maximum absolute atomic E-state index is 13.7. The molecule has 0 fully saturated rings. The minimum Gasteiger partial charge on any atom is -0.330 e. The van der Waals surface area contributed by atoms with Crippen molar-refractivity contribution in [3.63, 3.8) is 0 Å². The van der Waals surface area contributed by atoms with Gasteiger partial charge in [0.05, 0.1) is 11.0 Å². The highest BCUT2D eigenvalue weighted by Gasteiger charge is 2.36. The van der Waals surface area contributed by atoms with Crippen LogP contribution in [-0.2, 0) is 11.2 Å². The molecule has 1 aliphatic rings. The first-order valence-corrected chi connectivity index (χ1v) is 12.0. The number of non-ortho nitro benzene ring substituents is 1. The number of thiophene rings is 1. The number of nitro groups is 1. The molecule has 2 aromatic carbocycles. The van der Waals surface area contributed by atoms with Crippen LogP contribution < -0.4 is 0 Å². The lowest BCUT2D eigenvalue weighted by molar-refractivity contribution is -0.384. The van der Waals surface area contributed by atoms with Gasteiger partial charge in [-0.15, -0.1) is 11.3 Å². The molecule has 1 aliphatic heterocycles. The average Bonchev–Trinajstić information content (AvgIpc) is 3.30. The number of hydrogen-bond donors (Lipinski definition) is 0. The van der Waals surface area contributed by atoms with Gasteiger partial charge >= 0.3 is 0 Å². The molecule has 2 heterocycles. The molecule has 0 N–H and O–H groups in total. The van der Waals surface area contributed by atoms with Gasteiger partial charge in [-0.3, -0.25) is 19.7 Å². The summed E-state index contributed by atoms with van der Waals surface area (Å²) in [7, 11) is 0. The Morgan fingerprint density at radius 2 is 1.76 bits per heavy atom. The first kappa shape index (κ1) is 23.6. The Morgan fingerprint density at radius 1 is 1.09 bits per heavy atom. The maximum atomic E-state index is 13.7. The quantitative estimate of drug-likeness (QED) is 0.379. The first-order valence-electron chi connectivity index (χ1n) is 11.1. The Bertz CT molecular complexity index is 1200. The summed E-state index contributed by atoms with van der Waals surface area (Å²) in [5, 5.41) is 13.0. The number of carbonyl (C=O) groups is 2. The van der Waals surface area contributed by atoms with E-state index < -0.39 is 10.5 Å². The van der Waals surface area contributed by atoms with Crippen molar-refractivity contribution in [3.05, 3.63) is 97.7 Å². The second-order valence-corrected chi connectivity index (χ2v) is 10.3. The van der Waals surface area contributed by atoms with Crippen molar-refractivity contribution in [2.75, 3.05) is 13.1 Å². The second kappa shape index (κ2) is 9.38. The highest BCUT2D eigenvalue weighted by Crippen LogP contribution is 2.38. The van der Waals surface area contributed by atoms with Gasteiger partial charge in [0.25, 0.3) is 11.6 Å². The average molecular weight is 478 g/mol. The molecule has 7 nitrogen and oxygen atoms in total. The maximum Gasteiger partial charge on any atom is 0.269 e. The number of nitrogens with zero attached hydrogens (tertiary/aromatic N) is 3. The molecule has 1 atom stereocenters. The number of amides is 2. The Morgan fingerprint density at radius 3 is 2.38 bits per heavy atom. The van der Waals surface area contributed by atoms with E-state index in [1.165, 1.54) is 29.1 Å². The van der Waals surface area contributed by atoms with Crippen LogP contribution in [0.5, 0.6) is 0 Å². The van der Waals surface area contributed by atoms with Gasteiger partial charge in [-0.1, -0.05) is 30.3 Å². The zero-order valence-electron chi connectivity index (χ0n) is 19.4. The van der Waals surface area contributed by atoms with E-state index in [0.717, 1.165) is 17.5 Å². The molecule has 0 saturated carbocycles. The van der Waals surface area contributed by atoms with Crippen LogP contribution in [0, 0.1) is 10.1 Å². The van der Waals surface area contributed by atoms with Crippen LogP contribution in [0.2, 0.25) is 0 Å². The van der Waals surface area contributed by atoms with Gasteiger partial charge in [-0.25, -0.2) is 0 Å². The predicted molar refractivity (Wildman–Crippen MR) is 132 cm³/mol. The van der Waals surface area contributed by atoms with Gasteiger partial charge < -0.3 is 9.80 Å². The third-order valence-corrected chi connectivity index (χ3v) is 7.07. The van der Waals surface area contributed by atoms with Gasteiger partial charge in [-0.05, 0) is 61.9 Å². The van der Waals surface area contributed by atoms with Gasteiger partial charge in [0.1, 0.15) is 6.54 Å². The number of hydrogen-bond acceptors (Lipinski definition) is 5.